The van der Waals surface area contributed by atoms with Gasteiger partial charge in [0.15, 0.2) is 5.78 Å². The Morgan fingerprint density at radius 1 is 1.28 bits per heavy atom. The Labute approximate surface area is 145 Å². The van der Waals surface area contributed by atoms with Crippen molar-refractivity contribution < 1.29 is 27.6 Å². The Morgan fingerprint density at radius 3 is 2.48 bits per heavy atom. The van der Waals surface area contributed by atoms with Crippen molar-refractivity contribution in [2.45, 2.75) is 31.1 Å². The van der Waals surface area contributed by atoms with Gasteiger partial charge in [0, 0.05) is 11.3 Å². The van der Waals surface area contributed by atoms with Crippen LogP contribution in [0.4, 0.5) is 18.9 Å². The second-order valence-electron chi connectivity index (χ2n) is 5.41. The van der Waals surface area contributed by atoms with Gasteiger partial charge in [-0.2, -0.15) is 13.2 Å². The lowest BCUT2D eigenvalue weighted by Crippen LogP contribution is -2.59. The van der Waals surface area contributed by atoms with Crippen molar-refractivity contribution in [3.05, 3.63) is 29.8 Å². The van der Waals surface area contributed by atoms with Crippen LogP contribution < -0.4 is 16.0 Å². The van der Waals surface area contributed by atoms with Gasteiger partial charge in [-0.3, -0.25) is 19.7 Å². The summed E-state index contributed by atoms with van der Waals surface area (Å²) in [7, 11) is 0. The first-order chi connectivity index (χ1) is 11.6. The van der Waals surface area contributed by atoms with E-state index in [9.17, 15) is 27.6 Å². The number of benzene rings is 1. The molecule has 1 aromatic carbocycles. The summed E-state index contributed by atoms with van der Waals surface area (Å²) in [5, 5.41) is 7.17. The van der Waals surface area contributed by atoms with Gasteiger partial charge in [-0.25, -0.2) is 0 Å². The van der Waals surface area contributed by atoms with Crippen LogP contribution in [-0.4, -0.2) is 41.1 Å². The van der Waals surface area contributed by atoms with E-state index in [0.29, 0.717) is 11.3 Å². The lowest BCUT2D eigenvalue weighted by molar-refractivity contribution is -0.167. The van der Waals surface area contributed by atoms with Gasteiger partial charge in [0.1, 0.15) is 11.5 Å². The Balaban J connectivity index is 1.84. The molecule has 25 heavy (non-hydrogen) atoms. The minimum absolute atomic E-state index is 0.105. The summed E-state index contributed by atoms with van der Waals surface area (Å²) in [5.41, 5.74) is -0.0391. The molecule has 0 saturated carbocycles. The average molecular weight is 375 g/mol. The van der Waals surface area contributed by atoms with Crippen LogP contribution in [0.5, 0.6) is 0 Å². The highest BCUT2D eigenvalue weighted by Gasteiger charge is 2.44. The number of nitrogens with one attached hydrogen (secondary N) is 3. The molecular formula is C15H16F3N3O3S. The van der Waals surface area contributed by atoms with Gasteiger partial charge >= 0.3 is 6.18 Å². The van der Waals surface area contributed by atoms with Crippen molar-refractivity contribution in [2.75, 3.05) is 11.1 Å². The van der Waals surface area contributed by atoms with E-state index in [2.05, 4.69) is 16.0 Å². The van der Waals surface area contributed by atoms with Crippen LogP contribution in [0.15, 0.2) is 24.3 Å². The zero-order valence-electron chi connectivity index (χ0n) is 13.1. The number of Topliss-reactive ketones (excluding diaryl/α,β-unsaturated/α-hetero) is 1. The molecule has 1 aromatic rings. The van der Waals surface area contributed by atoms with E-state index in [-0.39, 0.29) is 11.5 Å². The number of carbonyl (C=O) groups is 3. The second kappa shape index (κ2) is 7.87. The van der Waals surface area contributed by atoms with Crippen LogP contribution in [0, 0.1) is 0 Å². The fourth-order valence-electron chi connectivity index (χ4n) is 2.12. The number of ketones is 1. The van der Waals surface area contributed by atoms with Gasteiger partial charge in [-0.1, -0.05) is 0 Å². The third kappa shape index (κ3) is 5.75. The summed E-state index contributed by atoms with van der Waals surface area (Å²) in [6.45, 7) is 1.42. The Kier molecular flexibility index (Phi) is 6.07. The highest BCUT2D eigenvalue weighted by molar-refractivity contribution is 8.00. The number of hydrogen-bond donors (Lipinski definition) is 3. The van der Waals surface area contributed by atoms with Crippen molar-refractivity contribution >= 4 is 35.0 Å². The van der Waals surface area contributed by atoms with Crippen molar-refractivity contribution in [3.8, 4) is 0 Å². The van der Waals surface area contributed by atoms with Crippen molar-refractivity contribution in [2.24, 2.45) is 0 Å². The first-order valence-electron chi connectivity index (χ1n) is 7.30. The van der Waals surface area contributed by atoms with E-state index in [0.717, 1.165) is 11.8 Å². The van der Waals surface area contributed by atoms with Crippen LogP contribution in [0.2, 0.25) is 0 Å². The molecule has 2 rings (SSSR count). The lowest BCUT2D eigenvalue weighted by Gasteiger charge is -2.32. The van der Waals surface area contributed by atoms with Crippen LogP contribution in [0.25, 0.3) is 0 Å². The smallest absolute Gasteiger partial charge is 0.332 e. The summed E-state index contributed by atoms with van der Waals surface area (Å²) >= 11 is 0.847. The zero-order valence-corrected chi connectivity index (χ0v) is 14.0. The number of hydrogen-bond acceptors (Lipinski definition) is 5. The molecule has 3 N–H and O–H groups in total. The number of halogens is 3. The molecule has 0 aromatic heterocycles. The molecule has 2 atom stereocenters. The fraction of sp³-hybridized carbons (Fsp3) is 0.400. The Bertz CT molecular complexity index is 664. The van der Waals surface area contributed by atoms with E-state index in [1.54, 1.807) is 24.3 Å². The average Bonchev–Trinajstić information content (AvgIpc) is 2.52. The quantitative estimate of drug-likeness (QED) is 0.684. The third-order valence-corrected chi connectivity index (χ3v) is 4.40. The first-order valence-corrected chi connectivity index (χ1v) is 8.34. The van der Waals surface area contributed by atoms with Gasteiger partial charge in [0.05, 0.1) is 12.2 Å². The maximum absolute atomic E-state index is 12.7. The van der Waals surface area contributed by atoms with Crippen LogP contribution in [0.3, 0.4) is 0 Å². The fourth-order valence-corrected chi connectivity index (χ4v) is 2.98. The molecule has 0 radical (unpaired) electrons. The molecule has 1 fully saturated rings. The topological polar surface area (TPSA) is 87.3 Å². The van der Waals surface area contributed by atoms with E-state index in [4.69, 9.17) is 0 Å². The van der Waals surface area contributed by atoms with Crippen molar-refractivity contribution in [3.63, 3.8) is 0 Å². The van der Waals surface area contributed by atoms with Gasteiger partial charge in [-0.05, 0) is 31.2 Å². The summed E-state index contributed by atoms with van der Waals surface area (Å²) in [4.78, 5) is 34.4. The normalized spacial score (nSPS) is 20.7. The molecule has 10 heteroatoms. The summed E-state index contributed by atoms with van der Waals surface area (Å²) in [6.07, 6.45) is -5.22. The number of thioether (sulfide) groups is 1. The van der Waals surface area contributed by atoms with Crippen LogP contribution in [0.1, 0.15) is 23.7 Å². The highest BCUT2D eigenvalue weighted by atomic mass is 32.2. The molecule has 1 heterocycles. The molecular weight excluding hydrogens is 359 g/mol. The van der Waals surface area contributed by atoms with E-state index < -0.39 is 36.0 Å². The highest BCUT2D eigenvalue weighted by Crippen LogP contribution is 2.26. The number of rotatable bonds is 5. The summed E-state index contributed by atoms with van der Waals surface area (Å²) < 4.78 is 38.1. The molecule has 0 aliphatic carbocycles. The van der Waals surface area contributed by atoms with Gasteiger partial charge in [0.25, 0.3) is 0 Å². The molecule has 0 spiro atoms. The molecule has 0 bridgehead atoms. The summed E-state index contributed by atoms with van der Waals surface area (Å²) in [6, 6.07) is 4.30. The van der Waals surface area contributed by atoms with Crippen LogP contribution in [-0.2, 0) is 9.59 Å². The van der Waals surface area contributed by atoms with Gasteiger partial charge in [0.2, 0.25) is 11.8 Å². The van der Waals surface area contributed by atoms with E-state index in [1.165, 1.54) is 6.92 Å². The maximum Gasteiger partial charge on any atom is 0.404 e. The van der Waals surface area contributed by atoms with Crippen molar-refractivity contribution in [1.29, 1.82) is 0 Å². The Morgan fingerprint density at radius 2 is 1.92 bits per heavy atom. The molecule has 1 aliphatic heterocycles. The molecule has 1 aliphatic rings. The molecule has 2 unspecified atom stereocenters. The third-order valence-electron chi connectivity index (χ3n) is 3.39. The molecule has 2 amide bonds. The predicted octanol–water partition coefficient (Wildman–Crippen LogP) is 1.88. The molecule has 6 nitrogen and oxygen atoms in total. The summed E-state index contributed by atoms with van der Waals surface area (Å²) in [5.74, 6) is -1.42. The SMILES string of the molecule is CC(=O)c1ccc(NC(=O)CSC2NC(=O)CC(C(F)(F)F)N2)cc1. The zero-order chi connectivity index (χ0) is 18.6. The number of anilines is 1. The number of carbonyl (C=O) groups excluding carboxylic acids is 3. The first kappa shape index (κ1) is 19.3. The monoisotopic (exact) mass is 375 g/mol. The lowest BCUT2D eigenvalue weighted by atomic mass is 10.1. The number of alkyl halides is 3. The largest absolute Gasteiger partial charge is 0.404 e. The minimum atomic E-state index is -4.53. The molecule has 136 valence electrons. The van der Waals surface area contributed by atoms with Gasteiger partial charge < -0.3 is 10.6 Å². The van der Waals surface area contributed by atoms with Gasteiger partial charge in [-0.15, -0.1) is 11.8 Å². The standard InChI is InChI=1S/C15H16F3N3O3S/c1-8(22)9-2-4-10(5-3-9)19-13(24)7-25-14-20-11(15(16,17)18)6-12(23)21-14/h2-5,11,14,20H,6-7H2,1H3,(H,19,24)(H,21,23). The molecule has 1 saturated heterocycles. The minimum Gasteiger partial charge on any atom is -0.332 e. The maximum atomic E-state index is 12.7. The van der Waals surface area contributed by atoms with Crippen LogP contribution >= 0.6 is 11.8 Å². The second-order valence-corrected chi connectivity index (χ2v) is 6.50. The van der Waals surface area contributed by atoms with E-state index >= 15 is 0 Å². The number of amides is 2. The Hall–Kier alpha value is -2.07. The van der Waals surface area contributed by atoms with E-state index in [1.807, 2.05) is 0 Å². The van der Waals surface area contributed by atoms with Crippen molar-refractivity contribution in [1.82, 2.24) is 10.6 Å². The predicted molar refractivity (Wildman–Crippen MR) is 87.1 cm³/mol.